The third-order valence-electron chi connectivity index (χ3n) is 2.61. The topological polar surface area (TPSA) is 0 Å². The molecule has 0 radical (unpaired) electrons. The number of hydrogen-bond acceptors (Lipinski definition) is 2. The van der Waals surface area contributed by atoms with Crippen molar-refractivity contribution in [2.45, 2.75) is 0 Å². The number of thiocarbonyl (C=S) groups is 2. The summed E-state index contributed by atoms with van der Waals surface area (Å²) in [6.45, 7) is 0. The van der Waals surface area contributed by atoms with Gasteiger partial charge in [0.1, 0.15) is 0 Å². The first-order valence-electron chi connectivity index (χ1n) is 5.75. The van der Waals surface area contributed by atoms with Crippen LogP contribution in [0.5, 0.6) is 0 Å². The SMILES string of the molecule is S=C(S)c1ccc(C#Cc2ccc(C(=S)S)cc2)cc1. The van der Waals surface area contributed by atoms with Crippen molar-refractivity contribution in [3.8, 4) is 11.8 Å². The second-order valence-electron chi connectivity index (χ2n) is 4.02. The van der Waals surface area contributed by atoms with Gasteiger partial charge in [0.15, 0.2) is 0 Å². The lowest BCUT2D eigenvalue weighted by Crippen LogP contribution is -1.87. The quantitative estimate of drug-likeness (QED) is 0.479. The highest BCUT2D eigenvalue weighted by atomic mass is 32.1. The van der Waals surface area contributed by atoms with E-state index in [1.54, 1.807) is 0 Å². The molecule has 0 saturated heterocycles. The van der Waals surface area contributed by atoms with Gasteiger partial charge in [-0.1, -0.05) is 60.5 Å². The van der Waals surface area contributed by atoms with E-state index in [0.29, 0.717) is 8.39 Å². The molecule has 0 bridgehead atoms. The van der Waals surface area contributed by atoms with Gasteiger partial charge in [-0.2, -0.15) is 0 Å². The molecule has 20 heavy (non-hydrogen) atoms. The lowest BCUT2D eigenvalue weighted by Gasteiger charge is -1.97. The van der Waals surface area contributed by atoms with Gasteiger partial charge < -0.3 is 0 Å². The van der Waals surface area contributed by atoms with E-state index >= 15 is 0 Å². The Labute approximate surface area is 140 Å². The molecule has 0 saturated carbocycles. The molecule has 0 aliphatic rings. The maximum atomic E-state index is 4.99. The van der Waals surface area contributed by atoms with Crippen molar-refractivity contribution in [2.75, 3.05) is 0 Å². The number of rotatable bonds is 2. The van der Waals surface area contributed by atoms with Gasteiger partial charge in [0, 0.05) is 11.1 Å². The van der Waals surface area contributed by atoms with Crippen molar-refractivity contribution in [3.05, 3.63) is 70.8 Å². The van der Waals surface area contributed by atoms with Crippen molar-refractivity contribution in [1.82, 2.24) is 0 Å². The van der Waals surface area contributed by atoms with Gasteiger partial charge in [-0.15, -0.1) is 25.3 Å². The standard InChI is InChI=1S/C16H10S4/c17-15(18)13-7-3-11(4-8-13)1-2-12-5-9-14(10-6-12)16(19)20/h3-10H,(H,17,18)(H,19,20). The molecule has 0 unspecified atom stereocenters. The van der Waals surface area contributed by atoms with Crippen LogP contribution in [-0.4, -0.2) is 8.39 Å². The highest BCUT2D eigenvalue weighted by Crippen LogP contribution is 2.09. The molecule has 0 fully saturated rings. The lowest BCUT2D eigenvalue weighted by atomic mass is 10.1. The first-order chi connectivity index (χ1) is 9.56. The molecule has 0 atom stereocenters. The highest BCUT2D eigenvalue weighted by molar-refractivity contribution is 8.12. The largest absolute Gasteiger partial charge is 0.131 e. The summed E-state index contributed by atoms with van der Waals surface area (Å²) in [4.78, 5) is 0. The molecule has 2 aromatic carbocycles. The zero-order chi connectivity index (χ0) is 14.5. The number of hydrogen-bond donors (Lipinski definition) is 2. The van der Waals surface area contributed by atoms with Gasteiger partial charge >= 0.3 is 0 Å². The van der Waals surface area contributed by atoms with Crippen molar-refractivity contribution in [3.63, 3.8) is 0 Å². The molecule has 0 nitrogen and oxygen atoms in total. The van der Waals surface area contributed by atoms with Crippen LogP contribution < -0.4 is 0 Å². The third-order valence-corrected chi connectivity index (χ3v) is 3.60. The maximum absolute atomic E-state index is 4.99. The summed E-state index contributed by atoms with van der Waals surface area (Å²) in [5.41, 5.74) is 3.74. The first-order valence-corrected chi connectivity index (χ1v) is 7.46. The summed E-state index contributed by atoms with van der Waals surface area (Å²) in [6.07, 6.45) is 0. The predicted molar refractivity (Wildman–Crippen MR) is 100 cm³/mol. The van der Waals surface area contributed by atoms with Crippen LogP contribution in [0.25, 0.3) is 0 Å². The van der Waals surface area contributed by atoms with E-state index in [0.717, 1.165) is 22.3 Å². The van der Waals surface area contributed by atoms with E-state index in [1.807, 2.05) is 48.5 Å². The molecule has 0 heterocycles. The van der Waals surface area contributed by atoms with Gasteiger partial charge in [0.05, 0.1) is 8.39 Å². The Kier molecular flexibility index (Phi) is 5.38. The smallest absolute Gasteiger partial charge is 0.0747 e. The summed E-state index contributed by atoms with van der Waals surface area (Å²) in [5, 5.41) is 0. The molecule has 4 heteroatoms. The molecule has 0 spiro atoms. The van der Waals surface area contributed by atoms with E-state index in [9.17, 15) is 0 Å². The second-order valence-corrected chi connectivity index (χ2v) is 6.33. The van der Waals surface area contributed by atoms with E-state index in [2.05, 4.69) is 37.1 Å². The Morgan fingerprint density at radius 1 is 0.650 bits per heavy atom. The van der Waals surface area contributed by atoms with Crippen LogP contribution in [0.3, 0.4) is 0 Å². The Bertz CT molecular complexity index is 639. The first kappa shape index (κ1) is 15.3. The highest BCUT2D eigenvalue weighted by Gasteiger charge is 1.96. The van der Waals surface area contributed by atoms with Crippen LogP contribution in [0, 0.1) is 11.8 Å². The normalized spacial score (nSPS) is 9.50. The molecule has 0 aliphatic heterocycles. The molecule has 0 amide bonds. The van der Waals surface area contributed by atoms with Crippen molar-refractivity contribution >= 4 is 58.1 Å². The zero-order valence-corrected chi connectivity index (χ0v) is 13.8. The van der Waals surface area contributed by atoms with Gasteiger partial charge in [-0.3, -0.25) is 0 Å². The van der Waals surface area contributed by atoms with Crippen LogP contribution in [0.2, 0.25) is 0 Å². The second kappa shape index (κ2) is 7.05. The van der Waals surface area contributed by atoms with E-state index in [1.165, 1.54) is 0 Å². The van der Waals surface area contributed by atoms with Crippen LogP contribution in [0.1, 0.15) is 22.3 Å². The van der Waals surface area contributed by atoms with Gasteiger partial charge in [-0.25, -0.2) is 0 Å². The Morgan fingerprint density at radius 2 is 0.950 bits per heavy atom. The Hall–Kier alpha value is -1.12. The molecule has 2 rings (SSSR count). The minimum atomic E-state index is 0.586. The van der Waals surface area contributed by atoms with Crippen LogP contribution >= 0.6 is 49.7 Å². The molecular weight excluding hydrogens is 320 g/mol. The van der Waals surface area contributed by atoms with E-state index < -0.39 is 0 Å². The summed E-state index contributed by atoms with van der Waals surface area (Å²) in [7, 11) is 0. The molecule has 2 aromatic rings. The summed E-state index contributed by atoms with van der Waals surface area (Å²) in [6, 6.07) is 15.4. The average molecular weight is 331 g/mol. The fourth-order valence-electron chi connectivity index (χ4n) is 1.54. The van der Waals surface area contributed by atoms with Gasteiger partial charge in [0.2, 0.25) is 0 Å². The van der Waals surface area contributed by atoms with Crippen LogP contribution in [0.15, 0.2) is 48.5 Å². The Balaban J connectivity index is 2.17. The van der Waals surface area contributed by atoms with Crippen LogP contribution in [0.4, 0.5) is 0 Å². The number of thiol groups is 2. The minimum Gasteiger partial charge on any atom is -0.131 e. The predicted octanol–water partition coefficient (Wildman–Crippen LogP) is 4.30. The molecular formula is C16H10S4. The van der Waals surface area contributed by atoms with Gasteiger partial charge in [0.25, 0.3) is 0 Å². The lowest BCUT2D eigenvalue weighted by molar-refractivity contribution is 1.61. The zero-order valence-electron chi connectivity index (χ0n) is 10.3. The van der Waals surface area contributed by atoms with E-state index in [4.69, 9.17) is 24.4 Å². The molecule has 0 N–H and O–H groups in total. The summed E-state index contributed by atoms with van der Waals surface area (Å²) in [5.74, 6) is 6.21. The summed E-state index contributed by atoms with van der Waals surface area (Å²) >= 11 is 18.3. The molecule has 0 aromatic heterocycles. The van der Waals surface area contributed by atoms with Gasteiger partial charge in [-0.05, 0) is 35.4 Å². The van der Waals surface area contributed by atoms with E-state index in [-0.39, 0.29) is 0 Å². The third kappa shape index (κ3) is 4.19. The molecule has 0 aliphatic carbocycles. The monoisotopic (exact) mass is 330 g/mol. The molecule has 98 valence electrons. The minimum absolute atomic E-state index is 0.586. The fraction of sp³-hybridized carbons (Fsp3) is 0. The van der Waals surface area contributed by atoms with Crippen LogP contribution in [-0.2, 0) is 0 Å². The maximum Gasteiger partial charge on any atom is 0.0747 e. The van der Waals surface area contributed by atoms with Crippen molar-refractivity contribution < 1.29 is 0 Å². The summed E-state index contributed by atoms with van der Waals surface area (Å²) < 4.78 is 1.17. The number of benzene rings is 2. The van der Waals surface area contributed by atoms with Crippen molar-refractivity contribution in [2.24, 2.45) is 0 Å². The van der Waals surface area contributed by atoms with Crippen molar-refractivity contribution in [1.29, 1.82) is 0 Å². The Morgan fingerprint density at radius 3 is 1.20 bits per heavy atom. The average Bonchev–Trinajstić information content (AvgIpc) is 2.46. The fourth-order valence-corrected chi connectivity index (χ4v) is 2.11.